The summed E-state index contributed by atoms with van der Waals surface area (Å²) >= 11 is 0. The van der Waals surface area contributed by atoms with E-state index < -0.39 is 6.10 Å². The van der Waals surface area contributed by atoms with Gasteiger partial charge in [-0.25, -0.2) is 0 Å². The summed E-state index contributed by atoms with van der Waals surface area (Å²) < 4.78 is 0. The van der Waals surface area contributed by atoms with Crippen LogP contribution in [-0.4, -0.2) is 21.6 Å². The molecule has 1 heterocycles. The van der Waals surface area contributed by atoms with E-state index in [0.29, 0.717) is 18.7 Å². The van der Waals surface area contributed by atoms with Crippen LogP contribution in [0.4, 0.5) is 0 Å². The summed E-state index contributed by atoms with van der Waals surface area (Å²) in [7, 11) is 0. The van der Waals surface area contributed by atoms with E-state index in [2.05, 4.69) is 9.97 Å². The van der Waals surface area contributed by atoms with Crippen molar-refractivity contribution in [3.8, 4) is 0 Å². The fourth-order valence-electron chi connectivity index (χ4n) is 1.04. The Morgan fingerprint density at radius 2 is 2.17 bits per heavy atom. The van der Waals surface area contributed by atoms with E-state index in [4.69, 9.17) is 5.73 Å². The van der Waals surface area contributed by atoms with Crippen molar-refractivity contribution in [1.29, 1.82) is 0 Å². The highest BCUT2D eigenvalue weighted by molar-refractivity contribution is 5.11. The largest absolute Gasteiger partial charge is 0.387 e. The molecule has 4 heteroatoms. The van der Waals surface area contributed by atoms with Crippen molar-refractivity contribution < 1.29 is 5.11 Å². The van der Waals surface area contributed by atoms with Crippen molar-refractivity contribution >= 4 is 0 Å². The number of aromatic nitrogens is 2. The van der Waals surface area contributed by atoms with E-state index in [-0.39, 0.29) is 0 Å². The Balaban J connectivity index is 2.79. The summed E-state index contributed by atoms with van der Waals surface area (Å²) in [5, 5.41) is 9.52. The molecule has 4 nitrogen and oxygen atoms in total. The van der Waals surface area contributed by atoms with Crippen LogP contribution >= 0.6 is 0 Å². The van der Waals surface area contributed by atoms with Crippen LogP contribution in [0.5, 0.6) is 0 Å². The first-order valence-electron chi connectivity index (χ1n) is 3.91. The van der Waals surface area contributed by atoms with Gasteiger partial charge >= 0.3 is 0 Å². The lowest BCUT2D eigenvalue weighted by atomic mass is 10.1. The van der Waals surface area contributed by atoms with Crippen LogP contribution in [0.15, 0.2) is 12.4 Å². The second kappa shape index (κ2) is 4.13. The zero-order chi connectivity index (χ0) is 8.97. The fourth-order valence-corrected chi connectivity index (χ4v) is 1.04. The Bertz CT molecular complexity index is 252. The van der Waals surface area contributed by atoms with Gasteiger partial charge in [0, 0.05) is 12.4 Å². The molecule has 0 spiro atoms. The van der Waals surface area contributed by atoms with Crippen LogP contribution < -0.4 is 5.73 Å². The maximum atomic E-state index is 9.52. The summed E-state index contributed by atoms with van der Waals surface area (Å²) in [6.07, 6.45) is 3.12. The molecular weight excluding hydrogens is 154 g/mol. The molecule has 1 rings (SSSR count). The van der Waals surface area contributed by atoms with E-state index in [1.165, 1.54) is 0 Å². The van der Waals surface area contributed by atoms with Gasteiger partial charge in [-0.2, -0.15) is 0 Å². The summed E-state index contributed by atoms with van der Waals surface area (Å²) in [5.74, 6) is 0. The SMILES string of the molecule is Cc1nccnc1[C@@H](O)CCN. The second-order valence-corrected chi connectivity index (χ2v) is 2.62. The number of nitrogens with two attached hydrogens (primary N) is 1. The van der Waals surface area contributed by atoms with Gasteiger partial charge in [0.05, 0.1) is 17.5 Å². The molecule has 1 aromatic rings. The first kappa shape index (κ1) is 9.09. The fraction of sp³-hybridized carbons (Fsp3) is 0.500. The molecule has 66 valence electrons. The number of rotatable bonds is 3. The predicted molar refractivity (Wildman–Crippen MR) is 45.4 cm³/mol. The first-order chi connectivity index (χ1) is 5.75. The predicted octanol–water partition coefficient (Wildman–Crippen LogP) is 0.167. The molecule has 12 heavy (non-hydrogen) atoms. The smallest absolute Gasteiger partial charge is 0.0990 e. The monoisotopic (exact) mass is 167 g/mol. The molecule has 0 fully saturated rings. The Kier molecular flexibility index (Phi) is 3.13. The van der Waals surface area contributed by atoms with Crippen LogP contribution in [0, 0.1) is 6.92 Å². The lowest BCUT2D eigenvalue weighted by Crippen LogP contribution is -2.10. The third-order valence-corrected chi connectivity index (χ3v) is 1.67. The lowest BCUT2D eigenvalue weighted by Gasteiger charge is -2.09. The van der Waals surface area contributed by atoms with Gasteiger partial charge < -0.3 is 10.8 Å². The Morgan fingerprint density at radius 3 is 2.75 bits per heavy atom. The van der Waals surface area contributed by atoms with Crippen molar-refractivity contribution in [3.05, 3.63) is 23.8 Å². The molecule has 1 aromatic heterocycles. The zero-order valence-electron chi connectivity index (χ0n) is 7.07. The van der Waals surface area contributed by atoms with E-state index in [9.17, 15) is 5.11 Å². The van der Waals surface area contributed by atoms with Crippen molar-refractivity contribution in [2.24, 2.45) is 5.73 Å². The molecule has 0 aromatic carbocycles. The third-order valence-electron chi connectivity index (χ3n) is 1.67. The highest BCUT2D eigenvalue weighted by Gasteiger charge is 2.10. The molecular formula is C8H13N3O. The van der Waals surface area contributed by atoms with Gasteiger partial charge in [-0.05, 0) is 19.9 Å². The van der Waals surface area contributed by atoms with Crippen LogP contribution in [0.2, 0.25) is 0 Å². The molecule has 0 saturated heterocycles. The summed E-state index contributed by atoms with van der Waals surface area (Å²) in [5.41, 5.74) is 6.70. The number of aryl methyl sites for hydroxylation is 1. The van der Waals surface area contributed by atoms with Gasteiger partial charge in [0.15, 0.2) is 0 Å². The highest BCUT2D eigenvalue weighted by atomic mass is 16.3. The summed E-state index contributed by atoms with van der Waals surface area (Å²) in [6, 6.07) is 0. The zero-order valence-corrected chi connectivity index (χ0v) is 7.07. The summed E-state index contributed by atoms with van der Waals surface area (Å²) in [6.45, 7) is 2.28. The Morgan fingerprint density at radius 1 is 1.50 bits per heavy atom. The average Bonchev–Trinajstić information content (AvgIpc) is 2.05. The third kappa shape index (κ3) is 1.99. The topological polar surface area (TPSA) is 72.0 Å². The molecule has 3 N–H and O–H groups in total. The molecule has 0 amide bonds. The first-order valence-corrected chi connectivity index (χ1v) is 3.91. The van der Waals surface area contributed by atoms with Crippen molar-refractivity contribution in [2.75, 3.05) is 6.54 Å². The van der Waals surface area contributed by atoms with Crippen molar-refractivity contribution in [1.82, 2.24) is 9.97 Å². The minimum absolute atomic E-state index is 0.456. The van der Waals surface area contributed by atoms with Gasteiger partial charge in [-0.1, -0.05) is 0 Å². The molecule has 0 radical (unpaired) electrons. The van der Waals surface area contributed by atoms with Crippen molar-refractivity contribution in [2.45, 2.75) is 19.4 Å². The number of hydrogen-bond donors (Lipinski definition) is 2. The van der Waals surface area contributed by atoms with E-state index in [1.807, 2.05) is 6.92 Å². The molecule has 0 saturated carbocycles. The van der Waals surface area contributed by atoms with Crippen molar-refractivity contribution in [3.63, 3.8) is 0 Å². The normalized spacial score (nSPS) is 12.9. The van der Waals surface area contributed by atoms with Gasteiger partial charge in [0.2, 0.25) is 0 Å². The highest BCUT2D eigenvalue weighted by Crippen LogP contribution is 2.14. The Hall–Kier alpha value is -1.00. The summed E-state index contributed by atoms with van der Waals surface area (Å²) in [4.78, 5) is 8.05. The molecule has 0 aliphatic carbocycles. The maximum absolute atomic E-state index is 9.52. The second-order valence-electron chi connectivity index (χ2n) is 2.62. The number of aliphatic hydroxyl groups excluding tert-OH is 1. The molecule has 0 unspecified atom stereocenters. The number of nitrogens with zero attached hydrogens (tertiary/aromatic N) is 2. The number of aliphatic hydroxyl groups is 1. The number of hydrogen-bond acceptors (Lipinski definition) is 4. The van der Waals surface area contributed by atoms with E-state index in [1.54, 1.807) is 12.4 Å². The minimum atomic E-state index is -0.580. The standard InChI is InChI=1S/C8H13N3O/c1-6-8(7(12)2-3-9)11-5-4-10-6/h4-5,7,12H,2-3,9H2,1H3/t7-/m0/s1. The van der Waals surface area contributed by atoms with Gasteiger partial charge in [-0.15, -0.1) is 0 Å². The van der Waals surface area contributed by atoms with Crippen LogP contribution in [0.1, 0.15) is 23.9 Å². The van der Waals surface area contributed by atoms with Gasteiger partial charge in [0.25, 0.3) is 0 Å². The minimum Gasteiger partial charge on any atom is -0.387 e. The quantitative estimate of drug-likeness (QED) is 0.673. The molecule has 0 aliphatic heterocycles. The van der Waals surface area contributed by atoms with Gasteiger partial charge in [0.1, 0.15) is 0 Å². The van der Waals surface area contributed by atoms with Crippen LogP contribution in [0.3, 0.4) is 0 Å². The average molecular weight is 167 g/mol. The van der Waals surface area contributed by atoms with Gasteiger partial charge in [-0.3, -0.25) is 9.97 Å². The molecule has 0 aliphatic rings. The maximum Gasteiger partial charge on any atom is 0.0990 e. The molecule has 0 bridgehead atoms. The van der Waals surface area contributed by atoms with E-state index in [0.717, 1.165) is 5.69 Å². The Labute approximate surface area is 71.5 Å². The molecule has 1 atom stereocenters. The lowest BCUT2D eigenvalue weighted by molar-refractivity contribution is 0.164. The van der Waals surface area contributed by atoms with Crippen LogP contribution in [-0.2, 0) is 0 Å². The van der Waals surface area contributed by atoms with Crippen LogP contribution in [0.25, 0.3) is 0 Å². The van der Waals surface area contributed by atoms with E-state index >= 15 is 0 Å².